The summed E-state index contributed by atoms with van der Waals surface area (Å²) < 4.78 is 13.1. The molecule has 2 rings (SSSR count). The first-order valence-electron chi connectivity index (χ1n) is 5.48. The quantitative estimate of drug-likeness (QED) is 0.902. The molecule has 0 saturated carbocycles. The van der Waals surface area contributed by atoms with Crippen LogP contribution in [0.25, 0.3) is 0 Å². The lowest BCUT2D eigenvalue weighted by Crippen LogP contribution is -2.33. The zero-order valence-corrected chi connectivity index (χ0v) is 10.5. The molecule has 1 nitrogen and oxygen atoms in total. The molecule has 16 heavy (non-hydrogen) atoms. The maximum Gasteiger partial charge on any atom is 0.123 e. The lowest BCUT2D eigenvalue weighted by atomic mass is 10.0. The summed E-state index contributed by atoms with van der Waals surface area (Å²) in [6, 6.07) is 4.54. The third-order valence-corrected chi connectivity index (χ3v) is 4.81. The molecule has 0 amide bonds. The molecule has 1 heterocycles. The fraction of sp³-hybridized carbons (Fsp3) is 0.500. The van der Waals surface area contributed by atoms with Gasteiger partial charge in [0.15, 0.2) is 0 Å². The summed E-state index contributed by atoms with van der Waals surface area (Å²) in [7, 11) is 0. The average molecular weight is 260 g/mol. The van der Waals surface area contributed by atoms with Gasteiger partial charge in [0.1, 0.15) is 5.82 Å². The third kappa shape index (κ3) is 2.90. The maximum atomic E-state index is 13.1. The maximum absolute atomic E-state index is 13.1. The Hall–Kier alpha value is -0.250. The second-order valence-electron chi connectivity index (χ2n) is 4.16. The van der Waals surface area contributed by atoms with Crippen LogP contribution in [-0.4, -0.2) is 17.0 Å². The van der Waals surface area contributed by atoms with Gasteiger partial charge in [-0.1, -0.05) is 11.6 Å². The molecule has 1 saturated heterocycles. The first-order chi connectivity index (χ1) is 7.66. The summed E-state index contributed by atoms with van der Waals surface area (Å²) in [5, 5.41) is 1.11. The molecule has 0 bridgehead atoms. The highest BCUT2D eigenvalue weighted by atomic mass is 35.5. The number of hydrogen-bond acceptors (Lipinski definition) is 2. The topological polar surface area (TPSA) is 26.0 Å². The normalized spacial score (nSPS) is 22.3. The zero-order valence-electron chi connectivity index (χ0n) is 8.96. The van der Waals surface area contributed by atoms with Crippen LogP contribution in [0, 0.1) is 5.82 Å². The van der Waals surface area contributed by atoms with Crippen molar-refractivity contribution in [3.8, 4) is 0 Å². The minimum Gasteiger partial charge on any atom is -0.326 e. The molecular formula is C12H15ClFNS. The minimum absolute atomic E-state index is 0.0757. The van der Waals surface area contributed by atoms with Gasteiger partial charge in [-0.3, -0.25) is 0 Å². The highest BCUT2D eigenvalue weighted by Crippen LogP contribution is 2.30. The van der Waals surface area contributed by atoms with Gasteiger partial charge in [-0.05, 0) is 48.8 Å². The number of nitrogens with two attached hydrogens (primary N) is 1. The minimum atomic E-state index is -0.245. The van der Waals surface area contributed by atoms with Crippen molar-refractivity contribution >= 4 is 23.4 Å². The van der Waals surface area contributed by atoms with Gasteiger partial charge >= 0.3 is 0 Å². The van der Waals surface area contributed by atoms with E-state index in [2.05, 4.69) is 0 Å². The molecule has 1 aliphatic rings. The number of benzene rings is 1. The van der Waals surface area contributed by atoms with Crippen LogP contribution in [0.3, 0.4) is 0 Å². The molecule has 2 N–H and O–H groups in total. The van der Waals surface area contributed by atoms with Crippen molar-refractivity contribution in [2.75, 3.05) is 5.75 Å². The van der Waals surface area contributed by atoms with E-state index in [1.54, 1.807) is 6.07 Å². The standard InChI is InChI=1S/C12H15ClFNS/c13-10-4-3-9(14)6-8(10)7-11(15)12-2-1-5-16-12/h3-4,6,11-12H,1-2,5,7,15H2. The van der Waals surface area contributed by atoms with E-state index in [-0.39, 0.29) is 11.9 Å². The van der Waals surface area contributed by atoms with Gasteiger partial charge in [-0.2, -0.15) is 11.8 Å². The highest BCUT2D eigenvalue weighted by Gasteiger charge is 2.23. The van der Waals surface area contributed by atoms with E-state index < -0.39 is 0 Å². The van der Waals surface area contributed by atoms with Crippen LogP contribution in [0.4, 0.5) is 4.39 Å². The lowest BCUT2D eigenvalue weighted by Gasteiger charge is -2.18. The Kier molecular flexibility index (Phi) is 4.11. The molecule has 0 aliphatic carbocycles. The fourth-order valence-electron chi connectivity index (χ4n) is 2.03. The van der Waals surface area contributed by atoms with E-state index in [0.29, 0.717) is 16.7 Å². The SMILES string of the molecule is NC(Cc1cc(F)ccc1Cl)C1CCCS1. The van der Waals surface area contributed by atoms with E-state index >= 15 is 0 Å². The van der Waals surface area contributed by atoms with Gasteiger partial charge in [-0.15, -0.1) is 0 Å². The van der Waals surface area contributed by atoms with Crippen molar-refractivity contribution < 1.29 is 4.39 Å². The molecule has 1 fully saturated rings. The van der Waals surface area contributed by atoms with Crippen LogP contribution in [0.1, 0.15) is 18.4 Å². The first kappa shape index (κ1) is 12.2. The summed E-state index contributed by atoms with van der Waals surface area (Å²) in [5.41, 5.74) is 6.95. The first-order valence-corrected chi connectivity index (χ1v) is 6.90. The van der Waals surface area contributed by atoms with Gasteiger partial charge in [0.05, 0.1) is 0 Å². The number of thioether (sulfide) groups is 1. The smallest absolute Gasteiger partial charge is 0.123 e. The Morgan fingerprint density at radius 1 is 1.56 bits per heavy atom. The monoisotopic (exact) mass is 259 g/mol. The number of hydrogen-bond donors (Lipinski definition) is 1. The fourth-order valence-corrected chi connectivity index (χ4v) is 3.53. The molecule has 2 atom stereocenters. The van der Waals surface area contributed by atoms with E-state index in [1.807, 2.05) is 11.8 Å². The zero-order chi connectivity index (χ0) is 11.5. The Morgan fingerprint density at radius 2 is 2.38 bits per heavy atom. The third-order valence-electron chi connectivity index (χ3n) is 2.91. The second-order valence-corrected chi connectivity index (χ2v) is 5.91. The van der Waals surface area contributed by atoms with Crippen molar-refractivity contribution in [2.24, 2.45) is 5.73 Å². The Bertz CT molecular complexity index is 366. The van der Waals surface area contributed by atoms with Crippen LogP contribution < -0.4 is 5.73 Å². The van der Waals surface area contributed by atoms with E-state index in [9.17, 15) is 4.39 Å². The van der Waals surface area contributed by atoms with Crippen LogP contribution in [0.2, 0.25) is 5.02 Å². The van der Waals surface area contributed by atoms with Crippen molar-refractivity contribution in [2.45, 2.75) is 30.6 Å². The van der Waals surface area contributed by atoms with Crippen LogP contribution in [0.5, 0.6) is 0 Å². The van der Waals surface area contributed by atoms with Crippen molar-refractivity contribution in [3.05, 3.63) is 34.6 Å². The van der Waals surface area contributed by atoms with Gasteiger partial charge in [-0.25, -0.2) is 4.39 Å². The Labute approximate surface area is 105 Å². The summed E-state index contributed by atoms with van der Waals surface area (Å²) in [5.74, 6) is 0.945. The van der Waals surface area contributed by atoms with Gasteiger partial charge in [0.2, 0.25) is 0 Å². The van der Waals surface area contributed by atoms with Gasteiger partial charge in [0, 0.05) is 16.3 Å². The molecule has 2 unspecified atom stereocenters. The molecule has 0 radical (unpaired) electrons. The number of rotatable bonds is 3. The summed E-state index contributed by atoms with van der Waals surface area (Å²) in [6.07, 6.45) is 3.06. The van der Waals surface area contributed by atoms with Gasteiger partial charge < -0.3 is 5.73 Å². The van der Waals surface area contributed by atoms with E-state index in [1.165, 1.54) is 30.7 Å². The molecular weight excluding hydrogens is 245 g/mol. The molecule has 0 spiro atoms. The number of halogens is 2. The predicted octanol–water partition coefficient (Wildman–Crippen LogP) is 3.24. The molecule has 0 aromatic heterocycles. The Balaban J connectivity index is 2.04. The van der Waals surface area contributed by atoms with Gasteiger partial charge in [0.25, 0.3) is 0 Å². The highest BCUT2D eigenvalue weighted by molar-refractivity contribution is 8.00. The summed E-state index contributed by atoms with van der Waals surface area (Å²) in [6.45, 7) is 0. The lowest BCUT2D eigenvalue weighted by molar-refractivity contribution is 0.598. The molecule has 4 heteroatoms. The molecule has 88 valence electrons. The van der Waals surface area contributed by atoms with Crippen molar-refractivity contribution in [1.82, 2.24) is 0 Å². The largest absolute Gasteiger partial charge is 0.326 e. The van der Waals surface area contributed by atoms with E-state index in [4.69, 9.17) is 17.3 Å². The van der Waals surface area contributed by atoms with E-state index in [0.717, 1.165) is 5.56 Å². The van der Waals surface area contributed by atoms with Crippen LogP contribution in [-0.2, 0) is 6.42 Å². The van der Waals surface area contributed by atoms with Crippen molar-refractivity contribution in [3.63, 3.8) is 0 Å². The van der Waals surface area contributed by atoms with Crippen LogP contribution >= 0.6 is 23.4 Å². The molecule has 1 aromatic carbocycles. The molecule has 1 aromatic rings. The second kappa shape index (κ2) is 5.39. The van der Waals surface area contributed by atoms with Crippen molar-refractivity contribution in [1.29, 1.82) is 0 Å². The Morgan fingerprint density at radius 3 is 3.06 bits per heavy atom. The molecule has 1 aliphatic heterocycles. The van der Waals surface area contributed by atoms with Crippen LogP contribution in [0.15, 0.2) is 18.2 Å². The summed E-state index contributed by atoms with van der Waals surface area (Å²) >= 11 is 7.94. The average Bonchev–Trinajstić information content (AvgIpc) is 2.76. The predicted molar refractivity (Wildman–Crippen MR) is 68.6 cm³/mol. The summed E-state index contributed by atoms with van der Waals surface area (Å²) in [4.78, 5) is 0.